The summed E-state index contributed by atoms with van der Waals surface area (Å²) in [6.07, 6.45) is 1.65. The van der Waals surface area contributed by atoms with Gasteiger partial charge >= 0.3 is 5.97 Å². The molecular formula is C20H14ClN3O4S. The van der Waals surface area contributed by atoms with Crippen molar-refractivity contribution in [2.75, 3.05) is 12.4 Å². The Kier molecular flexibility index (Phi) is 5.20. The molecular weight excluding hydrogens is 414 g/mol. The number of nitrogens with one attached hydrogen (secondary N) is 2. The van der Waals surface area contributed by atoms with Crippen molar-refractivity contribution in [3.05, 3.63) is 70.5 Å². The number of hydrogen-bond acceptors (Lipinski definition) is 6. The number of furan rings is 1. The Balaban J connectivity index is 1.48. The molecule has 146 valence electrons. The van der Waals surface area contributed by atoms with Crippen LogP contribution in [0.25, 0.3) is 22.6 Å². The molecule has 9 heteroatoms. The van der Waals surface area contributed by atoms with Crippen molar-refractivity contribution in [3.8, 4) is 22.6 Å². The summed E-state index contributed by atoms with van der Waals surface area (Å²) in [5, 5.41) is 5.43. The highest BCUT2D eigenvalue weighted by Crippen LogP contribution is 2.30. The lowest BCUT2D eigenvalue weighted by Crippen LogP contribution is -2.10. The van der Waals surface area contributed by atoms with Crippen LogP contribution < -0.4 is 5.32 Å². The van der Waals surface area contributed by atoms with Gasteiger partial charge in [0.2, 0.25) is 0 Å². The Labute approximate surface area is 174 Å². The molecule has 7 nitrogen and oxygen atoms in total. The maximum atomic E-state index is 12.5. The summed E-state index contributed by atoms with van der Waals surface area (Å²) in [6.45, 7) is 0. The number of thiazole rings is 1. The van der Waals surface area contributed by atoms with Crippen molar-refractivity contribution >= 4 is 39.9 Å². The molecule has 4 rings (SSSR count). The summed E-state index contributed by atoms with van der Waals surface area (Å²) >= 11 is 7.43. The molecule has 0 bridgehead atoms. The average molecular weight is 428 g/mol. The molecule has 0 aliphatic carbocycles. The quantitative estimate of drug-likeness (QED) is 0.432. The second-order valence-electron chi connectivity index (χ2n) is 5.93. The Morgan fingerprint density at radius 1 is 1.24 bits per heavy atom. The van der Waals surface area contributed by atoms with Crippen LogP contribution in [0, 0.1) is 0 Å². The maximum absolute atomic E-state index is 12.5. The third-order valence-electron chi connectivity index (χ3n) is 4.08. The van der Waals surface area contributed by atoms with Gasteiger partial charge in [-0.15, -0.1) is 11.3 Å². The Hall–Kier alpha value is -3.36. The second kappa shape index (κ2) is 7.94. The van der Waals surface area contributed by atoms with Crippen LogP contribution in [0.15, 0.2) is 58.5 Å². The molecule has 4 aromatic rings. The molecule has 2 N–H and O–H groups in total. The number of H-pyrrole nitrogens is 1. The summed E-state index contributed by atoms with van der Waals surface area (Å²) in [5.74, 6) is -0.241. The van der Waals surface area contributed by atoms with Gasteiger partial charge < -0.3 is 14.1 Å². The van der Waals surface area contributed by atoms with E-state index >= 15 is 0 Å². The highest BCUT2D eigenvalue weighted by Gasteiger charge is 2.16. The zero-order chi connectivity index (χ0) is 20.4. The highest BCUT2D eigenvalue weighted by molar-refractivity contribution is 7.14. The van der Waals surface area contributed by atoms with Gasteiger partial charge in [-0.2, -0.15) is 0 Å². The summed E-state index contributed by atoms with van der Waals surface area (Å²) in [5.41, 5.74) is 2.36. The first-order chi connectivity index (χ1) is 14.0. The number of carbonyl (C=O) groups excluding carboxylic acids is 2. The Morgan fingerprint density at radius 3 is 2.86 bits per heavy atom. The second-order valence-corrected chi connectivity index (χ2v) is 7.19. The number of ether oxygens (including phenoxy) is 1. The van der Waals surface area contributed by atoms with E-state index in [1.165, 1.54) is 18.4 Å². The molecule has 0 saturated carbocycles. The lowest BCUT2D eigenvalue weighted by Gasteiger charge is -2.00. The topological polar surface area (TPSA) is 97.2 Å². The minimum Gasteiger partial charge on any atom is -0.464 e. The van der Waals surface area contributed by atoms with Gasteiger partial charge in [-0.3, -0.25) is 10.1 Å². The third-order valence-corrected chi connectivity index (χ3v) is 5.17. The highest BCUT2D eigenvalue weighted by atomic mass is 35.5. The van der Waals surface area contributed by atoms with Crippen molar-refractivity contribution in [1.29, 1.82) is 0 Å². The molecule has 0 unspecified atom stereocenters. The van der Waals surface area contributed by atoms with Crippen molar-refractivity contribution in [2.45, 2.75) is 0 Å². The number of carbonyl (C=O) groups is 2. The van der Waals surface area contributed by atoms with Crippen LogP contribution in [0.1, 0.15) is 21.0 Å². The van der Waals surface area contributed by atoms with Crippen LogP contribution >= 0.6 is 22.9 Å². The molecule has 0 saturated heterocycles. The predicted molar refractivity (Wildman–Crippen MR) is 110 cm³/mol. The van der Waals surface area contributed by atoms with E-state index in [4.69, 9.17) is 16.0 Å². The molecule has 0 spiro atoms. The predicted octanol–water partition coefficient (Wildman–Crippen LogP) is 5.09. The van der Waals surface area contributed by atoms with Crippen LogP contribution in [-0.2, 0) is 4.74 Å². The van der Waals surface area contributed by atoms with Gasteiger partial charge in [-0.1, -0.05) is 23.7 Å². The Bertz CT molecular complexity index is 1190. The number of hydrogen-bond donors (Lipinski definition) is 2. The molecule has 1 aromatic carbocycles. The molecule has 3 heterocycles. The molecule has 3 aromatic heterocycles. The molecule has 0 aliphatic heterocycles. The summed E-state index contributed by atoms with van der Waals surface area (Å²) in [6, 6.07) is 12.1. The molecule has 29 heavy (non-hydrogen) atoms. The first-order valence-corrected chi connectivity index (χ1v) is 9.69. The fraction of sp³-hybridized carbons (Fsp3) is 0.0500. The summed E-state index contributed by atoms with van der Waals surface area (Å²) < 4.78 is 10.3. The minimum absolute atomic E-state index is 0.145. The number of methoxy groups -OCH3 is 1. The smallest absolute Gasteiger partial charge is 0.354 e. The number of anilines is 1. The molecule has 0 radical (unpaired) electrons. The van der Waals surface area contributed by atoms with Crippen molar-refractivity contribution in [2.24, 2.45) is 0 Å². The van der Waals surface area contributed by atoms with E-state index in [-0.39, 0.29) is 5.76 Å². The van der Waals surface area contributed by atoms with Crippen LogP contribution in [0.5, 0.6) is 0 Å². The SMILES string of the molecule is COC(=O)c1cc(-c2csc(NC(=O)c3ccc(-c4ccccc4Cl)o3)n2)c[nH]1. The fourth-order valence-corrected chi connectivity index (χ4v) is 3.60. The monoisotopic (exact) mass is 427 g/mol. The van der Waals surface area contributed by atoms with Crippen LogP contribution in [0.3, 0.4) is 0 Å². The lowest BCUT2D eigenvalue weighted by molar-refractivity contribution is 0.0594. The lowest BCUT2D eigenvalue weighted by atomic mass is 10.2. The van der Waals surface area contributed by atoms with Crippen LogP contribution in [0.4, 0.5) is 5.13 Å². The summed E-state index contributed by atoms with van der Waals surface area (Å²) in [4.78, 5) is 31.2. The van der Waals surface area contributed by atoms with Crippen molar-refractivity contribution in [3.63, 3.8) is 0 Å². The van der Waals surface area contributed by atoms with E-state index in [1.54, 1.807) is 35.8 Å². The van der Waals surface area contributed by atoms with Gasteiger partial charge in [0.05, 0.1) is 17.8 Å². The first kappa shape index (κ1) is 19.0. The number of rotatable bonds is 5. The maximum Gasteiger partial charge on any atom is 0.354 e. The van der Waals surface area contributed by atoms with Crippen LogP contribution in [0.2, 0.25) is 5.02 Å². The average Bonchev–Trinajstić information content (AvgIpc) is 3.47. The van der Waals surface area contributed by atoms with Gasteiger partial charge in [0.25, 0.3) is 5.91 Å². The van der Waals surface area contributed by atoms with Crippen molar-refractivity contribution < 1.29 is 18.7 Å². The number of amides is 1. The number of nitrogens with zero attached hydrogens (tertiary/aromatic N) is 1. The number of aromatic amines is 1. The third kappa shape index (κ3) is 3.94. The zero-order valence-electron chi connectivity index (χ0n) is 15.1. The van der Waals surface area contributed by atoms with Crippen LogP contribution in [-0.4, -0.2) is 29.0 Å². The molecule has 1 amide bonds. The van der Waals surface area contributed by atoms with E-state index in [2.05, 4.69) is 20.0 Å². The standard InChI is InChI=1S/C20H14ClN3O4S/c1-27-19(26)14-8-11(9-22-14)15-10-29-20(23-15)24-18(25)17-7-6-16(28-17)12-4-2-3-5-13(12)21/h2-10,22H,1H3,(H,23,24,25). The minimum atomic E-state index is -0.466. The van der Waals surface area contributed by atoms with Gasteiger partial charge in [0.1, 0.15) is 11.5 Å². The van der Waals surface area contributed by atoms with E-state index in [0.29, 0.717) is 38.4 Å². The van der Waals surface area contributed by atoms with Gasteiger partial charge in [-0.25, -0.2) is 9.78 Å². The molecule has 0 fully saturated rings. The van der Waals surface area contributed by atoms with E-state index < -0.39 is 11.9 Å². The molecule has 0 atom stereocenters. The number of benzene rings is 1. The summed E-state index contributed by atoms with van der Waals surface area (Å²) in [7, 11) is 1.31. The van der Waals surface area contributed by atoms with Crippen molar-refractivity contribution in [1.82, 2.24) is 9.97 Å². The van der Waals surface area contributed by atoms with E-state index in [1.807, 2.05) is 18.2 Å². The number of esters is 1. The number of aromatic nitrogens is 2. The largest absolute Gasteiger partial charge is 0.464 e. The van der Waals surface area contributed by atoms with Gasteiger partial charge in [0, 0.05) is 22.7 Å². The normalized spacial score (nSPS) is 10.7. The Morgan fingerprint density at radius 2 is 2.07 bits per heavy atom. The zero-order valence-corrected chi connectivity index (χ0v) is 16.6. The molecule has 0 aliphatic rings. The van der Waals surface area contributed by atoms with E-state index in [0.717, 1.165) is 0 Å². The van der Waals surface area contributed by atoms with E-state index in [9.17, 15) is 9.59 Å². The van der Waals surface area contributed by atoms with Gasteiger partial charge in [-0.05, 0) is 30.3 Å². The number of halogens is 1. The van der Waals surface area contributed by atoms with Gasteiger partial charge in [0.15, 0.2) is 10.9 Å². The fourth-order valence-electron chi connectivity index (χ4n) is 2.66. The first-order valence-electron chi connectivity index (χ1n) is 8.44.